The Hall–Kier alpha value is -1.33. The summed E-state index contributed by atoms with van der Waals surface area (Å²) in [7, 11) is 0. The van der Waals surface area contributed by atoms with E-state index in [9.17, 15) is 8.78 Å². The Kier molecular flexibility index (Phi) is 5.20. The van der Waals surface area contributed by atoms with Gasteiger partial charge in [0.1, 0.15) is 5.76 Å². The van der Waals surface area contributed by atoms with Crippen molar-refractivity contribution < 1.29 is 13.2 Å². The van der Waals surface area contributed by atoms with E-state index in [-0.39, 0.29) is 0 Å². The first kappa shape index (κ1) is 15.1. The average molecular weight is 297 g/mol. The van der Waals surface area contributed by atoms with Gasteiger partial charge >= 0.3 is 0 Å². The lowest BCUT2D eigenvalue weighted by atomic mass is 10.1. The number of alkyl halides is 2. The minimum atomic E-state index is -2.39. The smallest absolute Gasteiger partial charge is 0.288 e. The number of nitrogens with one attached hydrogen (secondary N) is 1. The number of halogens is 2. The van der Waals surface area contributed by atoms with Gasteiger partial charge in [0.15, 0.2) is 0 Å². The van der Waals surface area contributed by atoms with E-state index in [1.54, 1.807) is 18.4 Å². The first-order valence-corrected chi connectivity index (χ1v) is 7.29. The van der Waals surface area contributed by atoms with Crippen LogP contribution in [0.1, 0.15) is 19.6 Å². The lowest BCUT2D eigenvalue weighted by Gasteiger charge is -2.08. The summed E-state index contributed by atoms with van der Waals surface area (Å²) in [5.74, 6) is -1.53. The highest BCUT2D eigenvalue weighted by Crippen LogP contribution is 2.30. The summed E-state index contributed by atoms with van der Waals surface area (Å²) in [6.45, 7) is 4.78. The fraction of sp³-hybridized carbons (Fsp3) is 0.333. The Balaban J connectivity index is 2.13. The SMILES string of the molecule is CC(C)NCc1occc1-c1ccc(SC(F)F)cc1. The zero-order valence-corrected chi connectivity index (χ0v) is 12.2. The maximum absolute atomic E-state index is 12.3. The first-order valence-electron chi connectivity index (χ1n) is 6.41. The molecule has 20 heavy (non-hydrogen) atoms. The molecule has 108 valence electrons. The van der Waals surface area contributed by atoms with Gasteiger partial charge in [-0.05, 0) is 23.8 Å². The molecule has 0 saturated carbocycles. The van der Waals surface area contributed by atoms with Crippen LogP contribution in [0.3, 0.4) is 0 Å². The molecule has 0 spiro atoms. The second kappa shape index (κ2) is 6.90. The summed E-state index contributed by atoms with van der Waals surface area (Å²) in [5.41, 5.74) is 1.96. The molecule has 1 aromatic carbocycles. The molecule has 2 aromatic rings. The zero-order chi connectivity index (χ0) is 14.5. The van der Waals surface area contributed by atoms with E-state index in [4.69, 9.17) is 4.42 Å². The number of benzene rings is 1. The number of rotatable bonds is 6. The molecular formula is C15H17F2NOS. The van der Waals surface area contributed by atoms with Crippen LogP contribution in [0.5, 0.6) is 0 Å². The molecule has 0 bridgehead atoms. The summed E-state index contributed by atoms with van der Waals surface area (Å²) in [5, 5.41) is 3.30. The molecule has 0 unspecified atom stereocenters. The van der Waals surface area contributed by atoms with Crippen molar-refractivity contribution in [1.29, 1.82) is 0 Å². The van der Waals surface area contributed by atoms with Crippen LogP contribution in [0.15, 0.2) is 45.9 Å². The second-order valence-electron chi connectivity index (χ2n) is 4.70. The zero-order valence-electron chi connectivity index (χ0n) is 11.4. The van der Waals surface area contributed by atoms with Gasteiger partial charge in [-0.1, -0.05) is 37.7 Å². The molecule has 1 aromatic heterocycles. The van der Waals surface area contributed by atoms with Crippen LogP contribution in [0.25, 0.3) is 11.1 Å². The maximum atomic E-state index is 12.3. The first-order chi connectivity index (χ1) is 9.56. The van der Waals surface area contributed by atoms with Crippen LogP contribution in [-0.4, -0.2) is 11.8 Å². The molecule has 0 aliphatic rings. The maximum Gasteiger partial charge on any atom is 0.288 e. The minimum absolute atomic E-state index is 0.373. The molecule has 1 N–H and O–H groups in total. The van der Waals surface area contributed by atoms with E-state index in [0.717, 1.165) is 16.9 Å². The lowest BCUT2D eigenvalue weighted by Crippen LogP contribution is -2.21. The van der Waals surface area contributed by atoms with Crippen molar-refractivity contribution in [2.75, 3.05) is 0 Å². The average Bonchev–Trinajstić information content (AvgIpc) is 2.85. The molecule has 0 radical (unpaired) electrons. The van der Waals surface area contributed by atoms with Gasteiger partial charge in [-0.25, -0.2) is 0 Å². The highest BCUT2D eigenvalue weighted by Gasteiger charge is 2.10. The molecule has 0 aliphatic heterocycles. The normalized spacial score (nSPS) is 11.5. The monoisotopic (exact) mass is 297 g/mol. The van der Waals surface area contributed by atoms with Crippen molar-refractivity contribution >= 4 is 11.8 Å². The second-order valence-corrected chi connectivity index (χ2v) is 5.76. The fourth-order valence-electron chi connectivity index (χ4n) is 1.85. The third kappa shape index (κ3) is 4.08. The van der Waals surface area contributed by atoms with Crippen molar-refractivity contribution in [3.05, 3.63) is 42.4 Å². The van der Waals surface area contributed by atoms with Gasteiger partial charge < -0.3 is 9.73 Å². The van der Waals surface area contributed by atoms with Gasteiger partial charge in [0.05, 0.1) is 12.8 Å². The van der Waals surface area contributed by atoms with E-state index in [1.807, 2.05) is 18.2 Å². The van der Waals surface area contributed by atoms with Crippen LogP contribution in [-0.2, 0) is 6.54 Å². The topological polar surface area (TPSA) is 25.2 Å². The van der Waals surface area contributed by atoms with Gasteiger partial charge in [0, 0.05) is 16.5 Å². The highest BCUT2D eigenvalue weighted by atomic mass is 32.2. The van der Waals surface area contributed by atoms with Crippen LogP contribution in [0, 0.1) is 0 Å². The summed E-state index contributed by atoms with van der Waals surface area (Å²) < 4.78 is 30.0. The van der Waals surface area contributed by atoms with Crippen molar-refractivity contribution in [2.24, 2.45) is 0 Å². The molecular weight excluding hydrogens is 280 g/mol. The summed E-state index contributed by atoms with van der Waals surface area (Å²) in [6.07, 6.45) is 1.65. The molecule has 0 amide bonds. The van der Waals surface area contributed by atoms with Crippen molar-refractivity contribution in [3.63, 3.8) is 0 Å². The number of thioether (sulfide) groups is 1. The van der Waals surface area contributed by atoms with E-state index >= 15 is 0 Å². The van der Waals surface area contributed by atoms with Gasteiger partial charge in [-0.2, -0.15) is 8.78 Å². The summed E-state index contributed by atoms with van der Waals surface area (Å²) >= 11 is 0.554. The Bertz CT molecular complexity index is 537. The molecule has 0 atom stereocenters. The molecule has 1 heterocycles. The molecule has 0 saturated heterocycles. The van der Waals surface area contributed by atoms with Crippen LogP contribution >= 0.6 is 11.8 Å². The van der Waals surface area contributed by atoms with E-state index in [1.165, 1.54) is 0 Å². The van der Waals surface area contributed by atoms with Crippen LogP contribution < -0.4 is 5.32 Å². The van der Waals surface area contributed by atoms with Crippen LogP contribution in [0.2, 0.25) is 0 Å². The Morgan fingerprint density at radius 3 is 2.45 bits per heavy atom. The third-order valence-corrected chi connectivity index (χ3v) is 3.53. The Morgan fingerprint density at radius 2 is 1.85 bits per heavy atom. The molecule has 0 fully saturated rings. The van der Waals surface area contributed by atoms with Gasteiger partial charge in [-0.15, -0.1) is 0 Å². The van der Waals surface area contributed by atoms with Gasteiger partial charge in [-0.3, -0.25) is 0 Å². The largest absolute Gasteiger partial charge is 0.467 e. The summed E-state index contributed by atoms with van der Waals surface area (Å²) in [6, 6.07) is 9.37. The van der Waals surface area contributed by atoms with Gasteiger partial charge in [0.25, 0.3) is 5.76 Å². The van der Waals surface area contributed by atoms with Crippen LogP contribution in [0.4, 0.5) is 8.78 Å². The minimum Gasteiger partial charge on any atom is -0.467 e. The highest BCUT2D eigenvalue weighted by molar-refractivity contribution is 7.99. The predicted molar refractivity (Wildman–Crippen MR) is 78.0 cm³/mol. The number of furan rings is 1. The lowest BCUT2D eigenvalue weighted by molar-refractivity contribution is 0.252. The fourth-order valence-corrected chi connectivity index (χ4v) is 2.35. The third-order valence-electron chi connectivity index (χ3n) is 2.81. The van der Waals surface area contributed by atoms with Gasteiger partial charge in [0.2, 0.25) is 0 Å². The summed E-state index contributed by atoms with van der Waals surface area (Å²) in [4.78, 5) is 0.564. The van der Waals surface area contributed by atoms with E-state index in [2.05, 4.69) is 19.2 Å². The Morgan fingerprint density at radius 1 is 1.15 bits per heavy atom. The predicted octanol–water partition coefficient (Wildman–Crippen LogP) is 4.76. The standard InChI is InChI=1S/C15H17F2NOS/c1-10(2)18-9-14-13(7-8-19-14)11-3-5-12(6-4-11)20-15(16)17/h3-8,10,15,18H,9H2,1-2H3. The molecule has 2 rings (SSSR count). The molecule has 0 aliphatic carbocycles. The van der Waals surface area contributed by atoms with E-state index < -0.39 is 5.76 Å². The van der Waals surface area contributed by atoms with Crippen molar-refractivity contribution in [1.82, 2.24) is 5.32 Å². The Labute approximate surface area is 121 Å². The number of hydrogen-bond donors (Lipinski definition) is 1. The quantitative estimate of drug-likeness (QED) is 0.778. The molecule has 5 heteroatoms. The number of hydrogen-bond acceptors (Lipinski definition) is 3. The van der Waals surface area contributed by atoms with Crippen molar-refractivity contribution in [3.8, 4) is 11.1 Å². The van der Waals surface area contributed by atoms with Crippen molar-refractivity contribution in [2.45, 2.75) is 37.1 Å². The van der Waals surface area contributed by atoms with E-state index in [0.29, 0.717) is 29.2 Å². The molecule has 2 nitrogen and oxygen atoms in total.